The number of allylic oxidation sites excluding steroid dienone is 4. The monoisotopic (exact) mass is 757 g/mol. The molecule has 0 rings (SSSR count). The minimum Gasteiger partial charge on any atom is -0.462 e. The average Bonchev–Trinajstić information content (AvgIpc) is 3.13. The lowest BCUT2D eigenvalue weighted by Gasteiger charge is -2.19. The molecule has 0 aliphatic heterocycles. The van der Waals surface area contributed by atoms with E-state index in [-0.39, 0.29) is 19.0 Å². The summed E-state index contributed by atoms with van der Waals surface area (Å²) in [6, 6.07) is 0. The number of phosphoric acid groups is 1. The second-order valence-electron chi connectivity index (χ2n) is 14.5. The Morgan fingerprint density at radius 2 is 0.923 bits per heavy atom. The molecule has 0 heterocycles. The maximum Gasteiger partial charge on any atom is 0.472 e. The zero-order valence-corrected chi connectivity index (χ0v) is 34.9. The molecule has 0 saturated heterocycles. The van der Waals surface area contributed by atoms with Crippen LogP contribution in [0.2, 0.25) is 0 Å². The fourth-order valence-corrected chi connectivity index (χ4v) is 6.56. The second-order valence-corrected chi connectivity index (χ2v) is 16.0. The van der Waals surface area contributed by atoms with Crippen LogP contribution >= 0.6 is 7.82 Å². The highest BCUT2D eigenvalue weighted by Crippen LogP contribution is 2.42. The lowest BCUT2D eigenvalue weighted by Crippen LogP contribution is -2.29. The number of unbranched alkanes of at least 4 members (excludes halogenated alkanes) is 25. The Kier molecular flexibility index (Phi) is 38.1. The van der Waals surface area contributed by atoms with Gasteiger partial charge < -0.3 is 14.4 Å². The van der Waals surface area contributed by atoms with Gasteiger partial charge in [-0.1, -0.05) is 179 Å². The first-order valence-electron chi connectivity index (χ1n) is 21.5. The van der Waals surface area contributed by atoms with Gasteiger partial charge in [0, 0.05) is 20.0 Å². The molecular weight excluding hydrogens is 675 g/mol. The molecule has 8 nitrogen and oxygen atoms in total. The normalized spacial score (nSPS) is 13.5. The van der Waals surface area contributed by atoms with Gasteiger partial charge in [0.25, 0.3) is 0 Å². The van der Waals surface area contributed by atoms with E-state index in [0.717, 1.165) is 58.5 Å². The molecular formula is C43H81O8P. The molecule has 9 heteroatoms. The Hall–Kier alpha value is -1.47. The predicted molar refractivity (Wildman–Crippen MR) is 216 cm³/mol. The van der Waals surface area contributed by atoms with E-state index < -0.39 is 26.5 Å². The van der Waals surface area contributed by atoms with E-state index in [9.17, 15) is 19.0 Å². The van der Waals surface area contributed by atoms with E-state index in [1.54, 1.807) is 0 Å². The van der Waals surface area contributed by atoms with Gasteiger partial charge >= 0.3 is 19.8 Å². The minimum absolute atomic E-state index is 0.224. The lowest BCUT2D eigenvalue weighted by molar-refractivity contribution is -0.161. The van der Waals surface area contributed by atoms with Crippen LogP contribution in [-0.4, -0.2) is 43.3 Å². The third kappa shape index (κ3) is 38.3. The molecule has 0 aliphatic carbocycles. The van der Waals surface area contributed by atoms with Crippen LogP contribution in [0.4, 0.5) is 0 Å². The van der Waals surface area contributed by atoms with Crippen molar-refractivity contribution in [3.05, 3.63) is 24.3 Å². The summed E-state index contributed by atoms with van der Waals surface area (Å²) in [6.45, 7) is 3.87. The number of carbonyl (C=O) groups excluding carboxylic acids is 2. The molecule has 0 aromatic rings. The topological polar surface area (TPSA) is 108 Å². The van der Waals surface area contributed by atoms with Crippen LogP contribution in [0.5, 0.6) is 0 Å². The van der Waals surface area contributed by atoms with Gasteiger partial charge in [-0.25, -0.2) is 4.57 Å². The zero-order valence-electron chi connectivity index (χ0n) is 34.0. The summed E-state index contributed by atoms with van der Waals surface area (Å²) in [4.78, 5) is 34.5. The molecule has 0 saturated carbocycles. The Balaban J connectivity index is 3.99. The summed E-state index contributed by atoms with van der Waals surface area (Å²) in [7, 11) is -3.20. The van der Waals surface area contributed by atoms with Crippen molar-refractivity contribution in [2.45, 2.75) is 219 Å². The Morgan fingerprint density at radius 3 is 1.38 bits per heavy atom. The van der Waals surface area contributed by atoms with Crippen molar-refractivity contribution in [2.24, 2.45) is 0 Å². The summed E-state index contributed by atoms with van der Waals surface area (Å²) in [5.41, 5.74) is 0. The minimum atomic E-state index is -4.26. The lowest BCUT2D eigenvalue weighted by atomic mass is 10.0. The first-order valence-corrected chi connectivity index (χ1v) is 23.0. The number of phosphoric ester groups is 1. The number of hydrogen-bond donors (Lipinski definition) is 1. The maximum absolute atomic E-state index is 12.5. The van der Waals surface area contributed by atoms with Gasteiger partial charge in [-0.2, -0.15) is 0 Å². The predicted octanol–water partition coefficient (Wildman–Crippen LogP) is 13.5. The number of carbonyl (C=O) groups is 2. The molecule has 2 atom stereocenters. The highest BCUT2D eigenvalue weighted by molar-refractivity contribution is 7.47. The van der Waals surface area contributed by atoms with Gasteiger partial charge in [-0.15, -0.1) is 0 Å². The molecule has 0 spiro atoms. The first-order chi connectivity index (χ1) is 25.3. The second kappa shape index (κ2) is 39.2. The molecule has 0 aromatic carbocycles. The van der Waals surface area contributed by atoms with Crippen molar-refractivity contribution in [1.82, 2.24) is 0 Å². The number of rotatable bonds is 40. The summed E-state index contributed by atoms with van der Waals surface area (Å²) in [5.74, 6) is -0.804. The average molecular weight is 757 g/mol. The quantitative estimate of drug-likeness (QED) is 0.0285. The van der Waals surface area contributed by atoms with Crippen molar-refractivity contribution >= 4 is 19.8 Å². The van der Waals surface area contributed by atoms with E-state index >= 15 is 0 Å². The van der Waals surface area contributed by atoms with Gasteiger partial charge in [-0.3, -0.25) is 18.6 Å². The fourth-order valence-electron chi connectivity index (χ4n) is 6.10. The van der Waals surface area contributed by atoms with Gasteiger partial charge in [0.1, 0.15) is 6.61 Å². The fraction of sp³-hybridized carbons (Fsp3) is 0.860. The largest absolute Gasteiger partial charge is 0.472 e. The molecule has 0 amide bonds. The van der Waals surface area contributed by atoms with E-state index in [4.69, 9.17) is 14.0 Å². The van der Waals surface area contributed by atoms with E-state index in [1.807, 2.05) is 0 Å². The van der Waals surface area contributed by atoms with Crippen molar-refractivity contribution < 1.29 is 37.6 Å². The van der Waals surface area contributed by atoms with Crippen molar-refractivity contribution in [2.75, 3.05) is 20.3 Å². The van der Waals surface area contributed by atoms with Crippen LogP contribution in [0.25, 0.3) is 0 Å². The van der Waals surface area contributed by atoms with Gasteiger partial charge in [0.2, 0.25) is 0 Å². The Labute approximate surface area is 320 Å². The molecule has 52 heavy (non-hydrogen) atoms. The first kappa shape index (κ1) is 50.5. The molecule has 306 valence electrons. The van der Waals surface area contributed by atoms with Gasteiger partial charge in [0.15, 0.2) is 6.10 Å². The summed E-state index contributed by atoms with van der Waals surface area (Å²) >= 11 is 0. The Morgan fingerprint density at radius 1 is 0.538 bits per heavy atom. The van der Waals surface area contributed by atoms with Crippen LogP contribution in [0, 0.1) is 0 Å². The highest BCUT2D eigenvalue weighted by atomic mass is 31.2. The van der Waals surface area contributed by atoms with Crippen LogP contribution in [0.1, 0.15) is 213 Å². The SMILES string of the molecule is CCCCC/C=C\C/C=C\CCCCCCCCCC(=O)OC(COC(=O)CCCCCCCCCCCCCCCCCC)COP(=O)(O)OC. The highest BCUT2D eigenvalue weighted by Gasteiger charge is 2.24. The van der Waals surface area contributed by atoms with Crippen molar-refractivity contribution in [1.29, 1.82) is 0 Å². The summed E-state index contributed by atoms with van der Waals surface area (Å²) in [5, 5.41) is 0. The van der Waals surface area contributed by atoms with Gasteiger partial charge in [-0.05, 0) is 44.9 Å². The van der Waals surface area contributed by atoms with Crippen LogP contribution in [-0.2, 0) is 32.7 Å². The molecule has 0 aliphatic rings. The van der Waals surface area contributed by atoms with Crippen molar-refractivity contribution in [3.63, 3.8) is 0 Å². The van der Waals surface area contributed by atoms with Crippen molar-refractivity contribution in [3.8, 4) is 0 Å². The van der Waals surface area contributed by atoms with E-state index in [1.165, 1.54) is 128 Å². The van der Waals surface area contributed by atoms with E-state index in [2.05, 4.69) is 42.7 Å². The standard InChI is InChI=1S/C43H81O8P/c1-4-6-8-10-12-14-16-18-20-22-24-26-28-30-32-34-36-38-43(45)51-41(40-50-52(46,47)48-3)39-49-42(44)37-35-33-31-29-27-25-23-21-19-17-15-13-11-9-7-5-2/h12,14,18,20,41H,4-11,13,15-17,19,21-40H2,1-3H3,(H,46,47)/b14-12-,20-18-. The third-order valence-electron chi connectivity index (χ3n) is 9.45. The molecule has 0 fully saturated rings. The number of esters is 2. The molecule has 0 radical (unpaired) electrons. The molecule has 0 bridgehead atoms. The summed E-state index contributed by atoms with van der Waals surface area (Å²) < 4.78 is 32.0. The number of hydrogen-bond acceptors (Lipinski definition) is 7. The molecule has 2 unspecified atom stereocenters. The molecule has 1 N–H and O–H groups in total. The van der Waals surface area contributed by atoms with Crippen LogP contribution < -0.4 is 0 Å². The maximum atomic E-state index is 12.5. The third-order valence-corrected chi connectivity index (χ3v) is 10.4. The Bertz CT molecular complexity index is 906. The smallest absolute Gasteiger partial charge is 0.462 e. The zero-order chi connectivity index (χ0) is 38.2. The summed E-state index contributed by atoms with van der Waals surface area (Å²) in [6.07, 6.45) is 43.7. The van der Waals surface area contributed by atoms with Gasteiger partial charge in [0.05, 0.1) is 6.61 Å². The van der Waals surface area contributed by atoms with Crippen LogP contribution in [0.15, 0.2) is 24.3 Å². The van der Waals surface area contributed by atoms with Crippen LogP contribution in [0.3, 0.4) is 0 Å². The molecule has 0 aromatic heterocycles. The number of ether oxygens (including phenoxy) is 2. The van der Waals surface area contributed by atoms with E-state index in [0.29, 0.717) is 12.8 Å².